The summed E-state index contributed by atoms with van der Waals surface area (Å²) in [6.45, 7) is 3.82. The third-order valence-corrected chi connectivity index (χ3v) is 3.86. The van der Waals surface area contributed by atoms with E-state index in [9.17, 15) is 0 Å². The summed E-state index contributed by atoms with van der Waals surface area (Å²) in [6, 6.07) is 12.9. The molecule has 0 bridgehead atoms. The molecule has 0 N–H and O–H groups in total. The first-order valence-electron chi connectivity index (χ1n) is 6.92. The highest BCUT2D eigenvalue weighted by molar-refractivity contribution is 6.35. The zero-order chi connectivity index (χ0) is 15.9. The maximum Gasteiger partial charge on any atom is 0.106 e. The normalized spacial score (nSPS) is 11.1. The summed E-state index contributed by atoms with van der Waals surface area (Å²) >= 11 is 17.8. The Morgan fingerprint density at radius 3 is 2.36 bits per heavy atom. The van der Waals surface area contributed by atoms with Crippen LogP contribution < -0.4 is 4.90 Å². The van der Waals surface area contributed by atoms with Gasteiger partial charge < -0.3 is 4.90 Å². The van der Waals surface area contributed by atoms with Gasteiger partial charge in [0.1, 0.15) is 5.69 Å². The fraction of sp³-hybridized carbons (Fsp3) is 0.250. The molecule has 0 atom stereocenters. The molecule has 0 amide bonds. The quantitative estimate of drug-likeness (QED) is 0.430. The Morgan fingerprint density at radius 2 is 1.73 bits per heavy atom. The number of azo groups is 1. The van der Waals surface area contributed by atoms with Crippen molar-refractivity contribution in [3.8, 4) is 0 Å². The Morgan fingerprint density at radius 1 is 1.00 bits per heavy atom. The lowest BCUT2D eigenvalue weighted by molar-refractivity contribution is 0.870. The van der Waals surface area contributed by atoms with Gasteiger partial charge in [-0.2, -0.15) is 5.11 Å². The molecule has 0 heterocycles. The van der Waals surface area contributed by atoms with Gasteiger partial charge in [-0.1, -0.05) is 23.2 Å². The number of alkyl halides is 1. The molecule has 116 valence electrons. The maximum absolute atomic E-state index is 6.05. The van der Waals surface area contributed by atoms with E-state index in [1.807, 2.05) is 24.3 Å². The molecule has 3 nitrogen and oxygen atoms in total. The molecule has 2 rings (SSSR count). The van der Waals surface area contributed by atoms with E-state index in [-0.39, 0.29) is 0 Å². The van der Waals surface area contributed by atoms with Crippen LogP contribution in [0.3, 0.4) is 0 Å². The Kier molecular flexibility index (Phi) is 6.49. The van der Waals surface area contributed by atoms with Gasteiger partial charge in [0.05, 0.1) is 10.7 Å². The minimum Gasteiger partial charge on any atom is -0.371 e. The van der Waals surface area contributed by atoms with Gasteiger partial charge >= 0.3 is 0 Å². The Hall–Kier alpha value is -1.29. The number of hydrogen-bond donors (Lipinski definition) is 0. The molecule has 22 heavy (non-hydrogen) atoms. The van der Waals surface area contributed by atoms with E-state index in [0.717, 1.165) is 24.5 Å². The highest BCUT2D eigenvalue weighted by atomic mass is 35.5. The molecule has 6 heteroatoms. The Balaban J connectivity index is 2.13. The number of hydrogen-bond acceptors (Lipinski definition) is 3. The van der Waals surface area contributed by atoms with Gasteiger partial charge in [-0.05, 0) is 49.4 Å². The van der Waals surface area contributed by atoms with Crippen molar-refractivity contribution in [3.05, 3.63) is 52.5 Å². The summed E-state index contributed by atoms with van der Waals surface area (Å²) in [6.07, 6.45) is 0. The number of nitrogens with zero attached hydrogens (tertiary/aromatic N) is 3. The van der Waals surface area contributed by atoms with Crippen molar-refractivity contribution in [1.29, 1.82) is 0 Å². The Bertz CT molecular complexity index is 642. The van der Waals surface area contributed by atoms with Crippen molar-refractivity contribution in [2.75, 3.05) is 23.9 Å². The van der Waals surface area contributed by atoms with Crippen LogP contribution >= 0.6 is 34.8 Å². The van der Waals surface area contributed by atoms with Gasteiger partial charge in [-0.25, -0.2) is 0 Å². The van der Waals surface area contributed by atoms with Gasteiger partial charge in [0.25, 0.3) is 0 Å². The van der Waals surface area contributed by atoms with E-state index < -0.39 is 0 Å². The van der Waals surface area contributed by atoms with E-state index >= 15 is 0 Å². The summed E-state index contributed by atoms with van der Waals surface area (Å²) in [4.78, 5) is 2.20. The molecule has 0 spiro atoms. The monoisotopic (exact) mass is 355 g/mol. The SMILES string of the molecule is CCN(CCCl)c1ccc(N=Nc2cc(Cl)ccc2Cl)cc1. The molecule has 0 aromatic heterocycles. The zero-order valence-electron chi connectivity index (χ0n) is 12.1. The lowest BCUT2D eigenvalue weighted by atomic mass is 10.2. The molecule has 0 aliphatic heterocycles. The lowest BCUT2D eigenvalue weighted by Gasteiger charge is -2.21. The van der Waals surface area contributed by atoms with Crippen molar-refractivity contribution in [1.82, 2.24) is 0 Å². The van der Waals surface area contributed by atoms with Gasteiger partial charge in [-0.15, -0.1) is 16.7 Å². The van der Waals surface area contributed by atoms with Crippen LogP contribution in [0, 0.1) is 0 Å². The minimum atomic E-state index is 0.518. The molecule has 2 aromatic rings. The summed E-state index contributed by atoms with van der Waals surface area (Å²) < 4.78 is 0. The summed E-state index contributed by atoms with van der Waals surface area (Å²) in [5.74, 6) is 0.600. The maximum atomic E-state index is 6.05. The molecule has 0 saturated heterocycles. The minimum absolute atomic E-state index is 0.518. The van der Waals surface area contributed by atoms with E-state index in [0.29, 0.717) is 21.6 Å². The molecular weight excluding hydrogens is 341 g/mol. The van der Waals surface area contributed by atoms with Crippen LogP contribution in [0.25, 0.3) is 0 Å². The molecule has 0 aliphatic rings. The fourth-order valence-electron chi connectivity index (χ4n) is 1.98. The van der Waals surface area contributed by atoms with Crippen molar-refractivity contribution < 1.29 is 0 Å². The third-order valence-electron chi connectivity index (χ3n) is 3.13. The van der Waals surface area contributed by atoms with Gasteiger partial charge in [0, 0.05) is 29.7 Å². The molecule has 2 aromatic carbocycles. The van der Waals surface area contributed by atoms with Crippen LogP contribution in [0.1, 0.15) is 6.92 Å². The van der Waals surface area contributed by atoms with Crippen LogP contribution in [0.4, 0.5) is 17.1 Å². The van der Waals surface area contributed by atoms with E-state index in [2.05, 4.69) is 22.1 Å². The first-order valence-corrected chi connectivity index (χ1v) is 8.21. The predicted octanol–water partition coefficient (Wildman–Crippen LogP) is 6.47. The third kappa shape index (κ3) is 4.60. The number of halogens is 3. The van der Waals surface area contributed by atoms with E-state index in [4.69, 9.17) is 34.8 Å². The molecule has 0 radical (unpaired) electrons. The standard InChI is InChI=1S/C16H16Cl3N3/c1-2-22(10-9-17)14-6-4-13(5-7-14)20-21-16-11-12(18)3-8-15(16)19/h3-8,11H,2,9-10H2,1H3. The molecular formula is C16H16Cl3N3. The van der Waals surface area contributed by atoms with Gasteiger partial charge in [-0.3, -0.25) is 0 Å². The lowest BCUT2D eigenvalue weighted by Crippen LogP contribution is -2.24. The van der Waals surface area contributed by atoms with Crippen molar-refractivity contribution >= 4 is 51.9 Å². The fourth-order valence-corrected chi connectivity index (χ4v) is 2.50. The summed E-state index contributed by atoms with van der Waals surface area (Å²) in [5.41, 5.74) is 2.42. The first-order chi connectivity index (χ1) is 10.6. The Labute approximate surface area is 145 Å². The van der Waals surface area contributed by atoms with Crippen LogP contribution in [0.2, 0.25) is 10.0 Å². The largest absolute Gasteiger partial charge is 0.371 e. The average Bonchev–Trinajstić information content (AvgIpc) is 2.54. The molecule has 0 aliphatic carbocycles. The summed E-state index contributed by atoms with van der Waals surface area (Å²) in [5, 5.41) is 9.42. The number of anilines is 1. The highest BCUT2D eigenvalue weighted by Gasteiger charge is 2.03. The first kappa shape index (κ1) is 17.1. The van der Waals surface area contributed by atoms with Gasteiger partial charge in [0.15, 0.2) is 0 Å². The second kappa shape index (κ2) is 8.37. The smallest absolute Gasteiger partial charge is 0.106 e. The van der Waals surface area contributed by atoms with Crippen molar-refractivity contribution in [2.24, 2.45) is 10.2 Å². The molecule has 0 saturated carbocycles. The topological polar surface area (TPSA) is 28.0 Å². The van der Waals surface area contributed by atoms with Crippen LogP contribution in [-0.2, 0) is 0 Å². The van der Waals surface area contributed by atoms with E-state index in [1.165, 1.54) is 0 Å². The van der Waals surface area contributed by atoms with Crippen LogP contribution in [0.15, 0.2) is 52.7 Å². The molecule has 0 fully saturated rings. The molecule has 0 unspecified atom stereocenters. The van der Waals surface area contributed by atoms with Crippen molar-refractivity contribution in [3.63, 3.8) is 0 Å². The second-order valence-electron chi connectivity index (χ2n) is 4.58. The average molecular weight is 357 g/mol. The number of rotatable bonds is 6. The highest BCUT2D eigenvalue weighted by Crippen LogP contribution is 2.30. The van der Waals surface area contributed by atoms with E-state index in [1.54, 1.807) is 18.2 Å². The number of benzene rings is 2. The summed E-state index contributed by atoms with van der Waals surface area (Å²) in [7, 11) is 0. The predicted molar refractivity (Wildman–Crippen MR) is 95.7 cm³/mol. The zero-order valence-corrected chi connectivity index (χ0v) is 14.4. The second-order valence-corrected chi connectivity index (χ2v) is 5.80. The van der Waals surface area contributed by atoms with Crippen LogP contribution in [-0.4, -0.2) is 19.0 Å². The van der Waals surface area contributed by atoms with Crippen LogP contribution in [0.5, 0.6) is 0 Å². The van der Waals surface area contributed by atoms with Gasteiger partial charge in [0.2, 0.25) is 0 Å². The van der Waals surface area contributed by atoms with Crippen molar-refractivity contribution in [2.45, 2.75) is 6.92 Å².